The predicted octanol–water partition coefficient (Wildman–Crippen LogP) is 2.39. The number of imidazole rings is 1. The molecular weight excluding hydrogens is 290 g/mol. The van der Waals surface area contributed by atoms with Gasteiger partial charge in [-0.2, -0.15) is 5.10 Å². The zero-order valence-corrected chi connectivity index (χ0v) is 14.7. The maximum absolute atomic E-state index is 12.3. The van der Waals surface area contributed by atoms with E-state index in [0.717, 1.165) is 23.5 Å². The Bertz CT molecular complexity index is 636. The van der Waals surface area contributed by atoms with Crippen molar-refractivity contribution in [1.82, 2.24) is 25.1 Å². The van der Waals surface area contributed by atoms with Crippen molar-refractivity contribution in [3.8, 4) is 0 Å². The molecule has 1 amide bonds. The van der Waals surface area contributed by atoms with Gasteiger partial charge in [-0.15, -0.1) is 0 Å². The van der Waals surface area contributed by atoms with E-state index in [0.29, 0.717) is 12.8 Å². The Kier molecular flexibility index (Phi) is 5.23. The maximum Gasteiger partial charge on any atom is 0.220 e. The summed E-state index contributed by atoms with van der Waals surface area (Å²) in [5.74, 6) is 0.0603. The number of amides is 1. The van der Waals surface area contributed by atoms with Gasteiger partial charge in [-0.05, 0) is 24.8 Å². The number of hydrogen-bond acceptors (Lipinski definition) is 3. The topological polar surface area (TPSA) is 75.6 Å². The van der Waals surface area contributed by atoms with E-state index in [2.05, 4.69) is 41.3 Å². The van der Waals surface area contributed by atoms with Gasteiger partial charge in [0.05, 0.1) is 18.1 Å². The van der Waals surface area contributed by atoms with Crippen LogP contribution in [-0.2, 0) is 17.8 Å². The Morgan fingerprint density at radius 2 is 2.13 bits per heavy atom. The van der Waals surface area contributed by atoms with Crippen LogP contribution in [0.3, 0.4) is 0 Å². The fourth-order valence-corrected chi connectivity index (χ4v) is 2.42. The highest BCUT2D eigenvalue weighted by atomic mass is 16.1. The molecule has 0 aliphatic heterocycles. The van der Waals surface area contributed by atoms with Crippen molar-refractivity contribution in [1.29, 1.82) is 0 Å². The first-order valence-electron chi connectivity index (χ1n) is 8.03. The van der Waals surface area contributed by atoms with E-state index >= 15 is 0 Å². The average molecular weight is 317 g/mol. The lowest BCUT2D eigenvalue weighted by molar-refractivity contribution is -0.122. The van der Waals surface area contributed by atoms with Gasteiger partial charge < -0.3 is 9.88 Å². The molecule has 0 saturated heterocycles. The summed E-state index contributed by atoms with van der Waals surface area (Å²) < 4.78 is 2.00. The standard InChI is InChI=1S/C17H27N5O/c1-12-13(2)20-21-14(12)6-7-16(23)19-15(17(3,4)5)10-22-9-8-18-11-22/h8-9,11,15H,6-7,10H2,1-5H3,(H,19,23)(H,20,21)/t15-/m1/s1. The van der Waals surface area contributed by atoms with E-state index in [1.54, 1.807) is 12.5 Å². The number of carbonyl (C=O) groups excluding carboxylic acids is 1. The van der Waals surface area contributed by atoms with Crippen LogP contribution in [-0.4, -0.2) is 31.7 Å². The fourth-order valence-electron chi connectivity index (χ4n) is 2.42. The highest BCUT2D eigenvalue weighted by molar-refractivity contribution is 5.76. The van der Waals surface area contributed by atoms with E-state index in [-0.39, 0.29) is 17.4 Å². The molecule has 2 heterocycles. The van der Waals surface area contributed by atoms with Gasteiger partial charge in [0.15, 0.2) is 0 Å². The summed E-state index contributed by atoms with van der Waals surface area (Å²) in [6.07, 6.45) is 6.55. The van der Waals surface area contributed by atoms with E-state index in [9.17, 15) is 4.79 Å². The van der Waals surface area contributed by atoms with Crippen LogP contribution in [0.2, 0.25) is 0 Å². The lowest BCUT2D eigenvalue weighted by Gasteiger charge is -2.31. The highest BCUT2D eigenvalue weighted by Gasteiger charge is 2.26. The summed E-state index contributed by atoms with van der Waals surface area (Å²) in [6, 6.07) is 0.0474. The molecule has 126 valence electrons. The first-order valence-corrected chi connectivity index (χ1v) is 8.03. The van der Waals surface area contributed by atoms with Crippen LogP contribution in [0, 0.1) is 19.3 Å². The van der Waals surface area contributed by atoms with Crippen molar-refractivity contribution in [3.63, 3.8) is 0 Å². The molecule has 0 saturated carbocycles. The number of H-pyrrole nitrogens is 1. The van der Waals surface area contributed by atoms with Crippen molar-refractivity contribution in [2.45, 2.75) is 60.0 Å². The molecule has 0 fully saturated rings. The molecule has 0 aromatic carbocycles. The minimum atomic E-state index is -0.0290. The van der Waals surface area contributed by atoms with Crippen LogP contribution in [0.4, 0.5) is 0 Å². The zero-order valence-electron chi connectivity index (χ0n) is 14.7. The number of carbonyl (C=O) groups is 1. The van der Waals surface area contributed by atoms with Crippen LogP contribution in [0.5, 0.6) is 0 Å². The molecule has 2 N–H and O–H groups in total. The third-order valence-corrected chi connectivity index (χ3v) is 4.28. The summed E-state index contributed by atoms with van der Waals surface area (Å²) in [5, 5.41) is 10.4. The van der Waals surface area contributed by atoms with Crippen LogP contribution < -0.4 is 5.32 Å². The Labute approximate surface area is 137 Å². The number of rotatable bonds is 6. The van der Waals surface area contributed by atoms with Gasteiger partial charge >= 0.3 is 0 Å². The molecule has 2 aromatic heterocycles. The summed E-state index contributed by atoms with van der Waals surface area (Å²) in [7, 11) is 0. The van der Waals surface area contributed by atoms with Crippen LogP contribution in [0.25, 0.3) is 0 Å². The molecule has 6 heteroatoms. The van der Waals surface area contributed by atoms with Gasteiger partial charge in [0.2, 0.25) is 5.91 Å². The molecule has 2 rings (SSSR count). The molecule has 0 aliphatic carbocycles. The largest absolute Gasteiger partial charge is 0.351 e. The number of hydrogen-bond donors (Lipinski definition) is 2. The second-order valence-corrected chi connectivity index (χ2v) is 7.17. The van der Waals surface area contributed by atoms with Crippen molar-refractivity contribution < 1.29 is 4.79 Å². The van der Waals surface area contributed by atoms with Crippen molar-refractivity contribution >= 4 is 5.91 Å². The maximum atomic E-state index is 12.3. The van der Waals surface area contributed by atoms with Crippen molar-refractivity contribution in [2.75, 3.05) is 0 Å². The van der Waals surface area contributed by atoms with Gasteiger partial charge in [-0.3, -0.25) is 9.89 Å². The molecule has 6 nitrogen and oxygen atoms in total. The third-order valence-electron chi connectivity index (χ3n) is 4.28. The zero-order chi connectivity index (χ0) is 17.0. The molecule has 0 radical (unpaired) electrons. The SMILES string of the molecule is Cc1[nH]nc(CCC(=O)N[C@H](Cn2ccnc2)C(C)(C)C)c1C. The van der Waals surface area contributed by atoms with Crippen LogP contribution in [0.15, 0.2) is 18.7 Å². The second kappa shape index (κ2) is 6.98. The van der Waals surface area contributed by atoms with Gasteiger partial charge in [-0.1, -0.05) is 20.8 Å². The van der Waals surface area contributed by atoms with E-state index in [1.807, 2.05) is 24.6 Å². The van der Waals surface area contributed by atoms with Gasteiger partial charge in [0.25, 0.3) is 0 Å². The highest BCUT2D eigenvalue weighted by Crippen LogP contribution is 2.21. The van der Waals surface area contributed by atoms with Crippen molar-refractivity contribution in [3.05, 3.63) is 35.7 Å². The molecule has 1 atom stereocenters. The third kappa shape index (κ3) is 4.68. The normalized spacial score (nSPS) is 13.1. The summed E-state index contributed by atoms with van der Waals surface area (Å²) in [4.78, 5) is 16.4. The fraction of sp³-hybridized carbons (Fsp3) is 0.588. The van der Waals surface area contributed by atoms with Crippen molar-refractivity contribution in [2.24, 2.45) is 5.41 Å². The lowest BCUT2D eigenvalue weighted by Crippen LogP contribution is -2.46. The Balaban J connectivity index is 1.93. The smallest absolute Gasteiger partial charge is 0.220 e. The van der Waals surface area contributed by atoms with E-state index < -0.39 is 0 Å². The molecule has 23 heavy (non-hydrogen) atoms. The van der Waals surface area contributed by atoms with E-state index in [4.69, 9.17) is 0 Å². The molecular formula is C17H27N5O. The summed E-state index contributed by atoms with van der Waals surface area (Å²) >= 11 is 0. The first kappa shape index (κ1) is 17.2. The Hall–Kier alpha value is -2.11. The number of aromatic amines is 1. The summed E-state index contributed by atoms with van der Waals surface area (Å²) in [6.45, 7) is 11.1. The minimum Gasteiger partial charge on any atom is -0.351 e. The lowest BCUT2D eigenvalue weighted by atomic mass is 9.86. The number of nitrogens with one attached hydrogen (secondary N) is 2. The second-order valence-electron chi connectivity index (χ2n) is 7.17. The first-order chi connectivity index (χ1) is 10.8. The Morgan fingerprint density at radius 3 is 2.65 bits per heavy atom. The molecule has 0 spiro atoms. The number of nitrogens with zero attached hydrogens (tertiary/aromatic N) is 3. The Morgan fingerprint density at radius 1 is 1.39 bits per heavy atom. The van der Waals surface area contributed by atoms with Crippen LogP contribution >= 0.6 is 0 Å². The van der Waals surface area contributed by atoms with Crippen LogP contribution in [0.1, 0.15) is 44.1 Å². The van der Waals surface area contributed by atoms with Gasteiger partial charge in [0.1, 0.15) is 0 Å². The predicted molar refractivity (Wildman–Crippen MR) is 90.0 cm³/mol. The van der Waals surface area contributed by atoms with Gasteiger partial charge in [-0.25, -0.2) is 4.98 Å². The average Bonchev–Trinajstić information content (AvgIpc) is 3.07. The molecule has 0 unspecified atom stereocenters. The molecule has 0 bridgehead atoms. The minimum absolute atomic E-state index is 0.0290. The summed E-state index contributed by atoms with van der Waals surface area (Å²) in [5.41, 5.74) is 3.15. The van der Waals surface area contributed by atoms with Gasteiger partial charge in [0, 0.05) is 37.5 Å². The molecule has 2 aromatic rings. The number of aromatic nitrogens is 4. The monoisotopic (exact) mass is 317 g/mol. The van der Waals surface area contributed by atoms with E-state index in [1.165, 1.54) is 0 Å². The number of aryl methyl sites for hydroxylation is 2. The quantitative estimate of drug-likeness (QED) is 0.859. The molecule has 0 aliphatic rings.